The Morgan fingerprint density at radius 3 is 2.46 bits per heavy atom. The molecule has 122 valence electrons. The average Bonchev–Trinajstić information content (AvgIpc) is 2.58. The molecule has 6 heteroatoms. The van der Waals surface area contributed by atoms with E-state index in [0.29, 0.717) is 24.3 Å². The van der Waals surface area contributed by atoms with Crippen LogP contribution in [0.4, 0.5) is 11.4 Å². The third-order valence-electron chi connectivity index (χ3n) is 3.27. The number of hydrogen-bond acceptors (Lipinski definition) is 5. The largest absolute Gasteiger partial charge is 0.508 e. The number of anilines is 2. The van der Waals surface area contributed by atoms with Gasteiger partial charge in [-0.1, -0.05) is 12.1 Å². The lowest BCUT2D eigenvalue weighted by atomic mass is 10.1. The molecule has 0 fully saturated rings. The monoisotopic (exact) mass is 322 g/mol. The molecule has 5 N–H and O–H groups in total. The molecule has 0 atom stereocenters. The fraction of sp³-hybridized carbons (Fsp3) is 0.111. The van der Waals surface area contributed by atoms with E-state index in [1.165, 1.54) is 6.20 Å². The first-order valence-electron chi connectivity index (χ1n) is 7.37. The number of rotatable bonds is 6. The fourth-order valence-corrected chi connectivity index (χ4v) is 1.97. The lowest BCUT2D eigenvalue weighted by molar-refractivity contribution is -0.112. The van der Waals surface area contributed by atoms with Gasteiger partial charge in [0.25, 0.3) is 5.91 Å². The molecule has 6 nitrogen and oxygen atoms in total. The number of benzene rings is 2. The van der Waals surface area contributed by atoms with Crippen molar-refractivity contribution in [3.63, 3.8) is 0 Å². The molecule has 0 bridgehead atoms. The topological polar surface area (TPSA) is 111 Å². The van der Waals surface area contributed by atoms with Gasteiger partial charge in [-0.3, -0.25) is 4.79 Å². The number of aromatic hydroxyl groups is 1. The number of amides is 1. The van der Waals surface area contributed by atoms with E-state index >= 15 is 0 Å². The minimum atomic E-state index is -0.487. The van der Waals surface area contributed by atoms with Crippen molar-refractivity contribution < 1.29 is 9.90 Å². The van der Waals surface area contributed by atoms with Crippen LogP contribution >= 0.6 is 0 Å². The van der Waals surface area contributed by atoms with E-state index < -0.39 is 5.91 Å². The molecular weight excluding hydrogens is 304 g/mol. The van der Waals surface area contributed by atoms with Gasteiger partial charge in [-0.15, -0.1) is 0 Å². The molecule has 0 aliphatic heterocycles. The van der Waals surface area contributed by atoms with Crippen molar-refractivity contribution in [2.45, 2.75) is 6.42 Å². The Morgan fingerprint density at radius 2 is 1.83 bits per heavy atom. The van der Waals surface area contributed by atoms with E-state index in [1.807, 2.05) is 18.2 Å². The highest BCUT2D eigenvalue weighted by molar-refractivity contribution is 6.06. The SMILES string of the molecule is N#C/C(=C/NCCc1ccc(O)cc1)C(=O)Nc1ccc(N)cc1. The van der Waals surface area contributed by atoms with E-state index in [-0.39, 0.29) is 11.3 Å². The van der Waals surface area contributed by atoms with Gasteiger partial charge in [-0.05, 0) is 48.4 Å². The number of carbonyl (C=O) groups excluding carboxylic acids is 1. The summed E-state index contributed by atoms with van der Waals surface area (Å²) in [5.41, 5.74) is 7.77. The number of nitrogens with two attached hydrogens (primary N) is 1. The first-order chi connectivity index (χ1) is 11.6. The maximum absolute atomic E-state index is 12.0. The van der Waals surface area contributed by atoms with E-state index in [4.69, 9.17) is 11.0 Å². The number of nitrogens with one attached hydrogen (secondary N) is 2. The van der Waals surface area contributed by atoms with Gasteiger partial charge in [0.05, 0.1) is 0 Å². The molecule has 0 saturated carbocycles. The van der Waals surface area contributed by atoms with Gasteiger partial charge in [0, 0.05) is 24.1 Å². The smallest absolute Gasteiger partial charge is 0.267 e. The van der Waals surface area contributed by atoms with Crippen molar-refractivity contribution in [1.82, 2.24) is 5.32 Å². The molecule has 0 spiro atoms. The minimum Gasteiger partial charge on any atom is -0.508 e. The van der Waals surface area contributed by atoms with Crippen LogP contribution in [-0.4, -0.2) is 17.6 Å². The molecule has 2 rings (SSSR count). The lowest BCUT2D eigenvalue weighted by Gasteiger charge is -2.06. The zero-order valence-corrected chi connectivity index (χ0v) is 13.0. The summed E-state index contributed by atoms with van der Waals surface area (Å²) in [7, 11) is 0. The van der Waals surface area contributed by atoms with Gasteiger partial charge in [0.15, 0.2) is 0 Å². The summed E-state index contributed by atoms with van der Waals surface area (Å²) in [5, 5.41) is 23.9. The van der Waals surface area contributed by atoms with Crippen LogP contribution in [0.1, 0.15) is 5.56 Å². The predicted molar refractivity (Wildman–Crippen MR) is 93.0 cm³/mol. The maximum atomic E-state index is 12.0. The predicted octanol–water partition coefficient (Wildman–Crippen LogP) is 2.15. The molecule has 2 aromatic carbocycles. The molecule has 0 aliphatic carbocycles. The van der Waals surface area contributed by atoms with Crippen LogP contribution in [0, 0.1) is 11.3 Å². The number of nitriles is 1. The van der Waals surface area contributed by atoms with Crippen molar-refractivity contribution in [2.24, 2.45) is 0 Å². The summed E-state index contributed by atoms with van der Waals surface area (Å²) in [6, 6.07) is 15.4. The Hall–Kier alpha value is -3.46. The molecule has 0 unspecified atom stereocenters. The number of hydrogen-bond donors (Lipinski definition) is 4. The van der Waals surface area contributed by atoms with E-state index in [2.05, 4.69) is 10.6 Å². The first kappa shape index (κ1) is 16.9. The Kier molecular flexibility index (Phi) is 5.81. The van der Waals surface area contributed by atoms with Gasteiger partial charge in [0.2, 0.25) is 0 Å². The van der Waals surface area contributed by atoms with Crippen molar-refractivity contribution in [2.75, 3.05) is 17.6 Å². The van der Waals surface area contributed by atoms with Gasteiger partial charge in [0.1, 0.15) is 17.4 Å². The number of nitrogen functional groups attached to an aromatic ring is 1. The highest BCUT2D eigenvalue weighted by Gasteiger charge is 2.08. The van der Waals surface area contributed by atoms with Crippen LogP contribution in [0.25, 0.3) is 0 Å². The quantitative estimate of drug-likeness (QED) is 0.282. The first-order valence-corrected chi connectivity index (χ1v) is 7.37. The number of phenols is 1. The summed E-state index contributed by atoms with van der Waals surface area (Å²) in [5.74, 6) is -0.267. The van der Waals surface area contributed by atoms with Crippen molar-refractivity contribution >= 4 is 17.3 Å². The highest BCUT2D eigenvalue weighted by atomic mass is 16.3. The van der Waals surface area contributed by atoms with Gasteiger partial charge in [-0.25, -0.2) is 0 Å². The fourth-order valence-electron chi connectivity index (χ4n) is 1.97. The van der Waals surface area contributed by atoms with Crippen LogP contribution in [0.2, 0.25) is 0 Å². The van der Waals surface area contributed by atoms with Crippen molar-refractivity contribution in [3.05, 3.63) is 65.9 Å². The summed E-state index contributed by atoms with van der Waals surface area (Å²) >= 11 is 0. The summed E-state index contributed by atoms with van der Waals surface area (Å²) in [6.07, 6.45) is 2.10. The third kappa shape index (κ3) is 5.07. The van der Waals surface area contributed by atoms with Crippen LogP contribution in [0.5, 0.6) is 5.75 Å². The van der Waals surface area contributed by atoms with Crippen LogP contribution in [0.3, 0.4) is 0 Å². The number of phenolic OH excluding ortho intramolecular Hbond substituents is 1. The molecule has 0 heterocycles. The Balaban J connectivity index is 1.86. The maximum Gasteiger partial charge on any atom is 0.267 e. The van der Waals surface area contributed by atoms with Gasteiger partial charge in [-0.2, -0.15) is 5.26 Å². The van der Waals surface area contributed by atoms with Crippen molar-refractivity contribution in [3.8, 4) is 11.8 Å². The standard InChI is InChI=1S/C18H18N4O2/c19-11-14(18(24)22-16-5-3-15(20)4-6-16)12-21-10-9-13-1-7-17(23)8-2-13/h1-8,12,21,23H,9-10,20H2,(H,22,24)/b14-12-. The molecule has 2 aromatic rings. The molecule has 1 amide bonds. The van der Waals surface area contributed by atoms with Crippen LogP contribution in [0.15, 0.2) is 60.3 Å². The average molecular weight is 322 g/mol. The summed E-state index contributed by atoms with van der Waals surface area (Å²) in [6.45, 7) is 0.561. The summed E-state index contributed by atoms with van der Waals surface area (Å²) in [4.78, 5) is 12.0. The Morgan fingerprint density at radius 1 is 1.17 bits per heavy atom. The molecule has 0 saturated heterocycles. The van der Waals surface area contributed by atoms with E-state index in [9.17, 15) is 9.90 Å². The molecular formula is C18H18N4O2. The van der Waals surface area contributed by atoms with Gasteiger partial charge < -0.3 is 21.5 Å². The Bertz CT molecular complexity index is 759. The third-order valence-corrected chi connectivity index (χ3v) is 3.27. The second kappa shape index (κ2) is 8.25. The Labute approximate surface area is 140 Å². The molecule has 0 radical (unpaired) electrons. The van der Waals surface area contributed by atoms with Crippen LogP contribution < -0.4 is 16.4 Å². The normalized spacial score (nSPS) is 10.7. The zero-order chi connectivity index (χ0) is 17.4. The van der Waals surface area contributed by atoms with Crippen LogP contribution in [-0.2, 0) is 11.2 Å². The highest BCUT2D eigenvalue weighted by Crippen LogP contribution is 2.12. The summed E-state index contributed by atoms with van der Waals surface area (Å²) < 4.78 is 0. The second-order valence-corrected chi connectivity index (χ2v) is 5.12. The second-order valence-electron chi connectivity index (χ2n) is 5.12. The molecule has 0 aliphatic rings. The minimum absolute atomic E-state index is 0.0162. The van der Waals surface area contributed by atoms with Gasteiger partial charge >= 0.3 is 0 Å². The van der Waals surface area contributed by atoms with Crippen molar-refractivity contribution in [1.29, 1.82) is 5.26 Å². The lowest BCUT2D eigenvalue weighted by Crippen LogP contribution is -2.18. The molecule has 0 aromatic heterocycles. The van der Waals surface area contributed by atoms with E-state index in [1.54, 1.807) is 36.4 Å². The zero-order valence-electron chi connectivity index (χ0n) is 13.0. The number of carbonyl (C=O) groups is 1. The number of nitrogens with zero attached hydrogens (tertiary/aromatic N) is 1. The molecule has 24 heavy (non-hydrogen) atoms. The van der Waals surface area contributed by atoms with E-state index in [0.717, 1.165) is 5.56 Å².